The molecule has 1 aromatic heterocycles. The van der Waals surface area contributed by atoms with E-state index >= 15 is 0 Å². The van der Waals surface area contributed by atoms with Crippen molar-refractivity contribution in [2.75, 3.05) is 13.7 Å². The van der Waals surface area contributed by atoms with Crippen molar-refractivity contribution >= 4 is 50.5 Å². The number of esters is 1. The Morgan fingerprint density at radius 3 is 2.79 bits per heavy atom. The van der Waals surface area contributed by atoms with Gasteiger partial charge in [0.15, 0.2) is 0 Å². The number of hydrogen-bond donors (Lipinski definition) is 1. The maximum atomic E-state index is 13.4. The van der Waals surface area contributed by atoms with Gasteiger partial charge in [0.1, 0.15) is 5.25 Å². The van der Waals surface area contributed by atoms with Gasteiger partial charge in [-0.2, -0.15) is 0 Å². The monoisotopic (exact) mass is 472 g/mol. The van der Waals surface area contributed by atoms with Crippen molar-refractivity contribution in [1.29, 1.82) is 0 Å². The highest BCUT2D eigenvalue weighted by molar-refractivity contribution is 9.10. The predicted molar refractivity (Wildman–Crippen MR) is 118 cm³/mol. The summed E-state index contributed by atoms with van der Waals surface area (Å²) in [5.74, 6) is -0.315. The van der Waals surface area contributed by atoms with Gasteiger partial charge in [-0.25, -0.2) is 0 Å². The van der Waals surface area contributed by atoms with Crippen LogP contribution in [0.15, 0.2) is 51.8 Å². The Labute approximate surface area is 181 Å². The number of nitrogens with one attached hydrogen (secondary N) is 1. The van der Waals surface area contributed by atoms with Crippen molar-refractivity contribution in [2.45, 2.75) is 30.0 Å². The molecular weight excluding hydrogens is 452 g/mol. The molecule has 1 unspecified atom stereocenters. The maximum Gasteiger partial charge on any atom is 0.318 e. The van der Waals surface area contributed by atoms with Gasteiger partial charge in [-0.05, 0) is 41.1 Å². The van der Waals surface area contributed by atoms with Crippen LogP contribution in [0.25, 0.3) is 10.9 Å². The normalized spacial score (nSPS) is 14.5. The number of fused-ring (bicyclic) bond motifs is 3. The Bertz CT molecular complexity index is 1090. The average molecular weight is 473 g/mol. The van der Waals surface area contributed by atoms with Gasteiger partial charge in [-0.1, -0.05) is 24.3 Å². The number of carbonyl (C=O) groups excluding carboxylic acids is 2. The highest BCUT2D eigenvalue weighted by atomic mass is 79.9. The number of H-pyrrole nitrogens is 1. The van der Waals surface area contributed by atoms with Crippen LogP contribution in [0.5, 0.6) is 0 Å². The molecule has 0 radical (unpaired) electrons. The minimum atomic E-state index is -0.382. The summed E-state index contributed by atoms with van der Waals surface area (Å²) < 4.78 is 5.85. The molecule has 0 saturated heterocycles. The van der Waals surface area contributed by atoms with E-state index in [1.54, 1.807) is 6.92 Å². The Hall–Kier alpha value is -2.25. The second kappa shape index (κ2) is 8.24. The third-order valence-electron chi connectivity index (χ3n) is 5.20. The third kappa shape index (κ3) is 3.81. The Morgan fingerprint density at radius 2 is 2.00 bits per heavy atom. The third-order valence-corrected chi connectivity index (χ3v) is 7.02. The number of methoxy groups -OCH3 is 1. The fourth-order valence-electron chi connectivity index (χ4n) is 3.70. The first-order valence-corrected chi connectivity index (χ1v) is 11.1. The van der Waals surface area contributed by atoms with Crippen LogP contribution in [0.3, 0.4) is 0 Å². The number of amides is 1. The number of halogens is 1. The first kappa shape index (κ1) is 20.0. The predicted octanol–water partition coefficient (Wildman–Crippen LogP) is 4.78. The highest BCUT2D eigenvalue weighted by Gasteiger charge is 2.27. The number of benzene rings is 2. The zero-order valence-electron chi connectivity index (χ0n) is 16.2. The van der Waals surface area contributed by atoms with E-state index in [0.29, 0.717) is 18.7 Å². The van der Waals surface area contributed by atoms with Crippen LogP contribution in [0.4, 0.5) is 0 Å². The number of thioether (sulfide) groups is 1. The smallest absolute Gasteiger partial charge is 0.318 e. The number of ether oxygens (including phenoxy) is 1. The van der Waals surface area contributed by atoms with Crippen LogP contribution >= 0.6 is 27.7 Å². The Kier molecular flexibility index (Phi) is 5.69. The Morgan fingerprint density at radius 1 is 1.21 bits per heavy atom. The molecule has 7 heteroatoms. The minimum absolute atomic E-state index is 0.0137. The van der Waals surface area contributed by atoms with Crippen molar-refractivity contribution in [3.8, 4) is 0 Å². The molecule has 1 aliphatic heterocycles. The van der Waals surface area contributed by atoms with E-state index in [-0.39, 0.29) is 17.1 Å². The average Bonchev–Trinajstić information content (AvgIpc) is 3.12. The highest BCUT2D eigenvalue weighted by Crippen LogP contribution is 2.33. The second-order valence-electron chi connectivity index (χ2n) is 7.00. The van der Waals surface area contributed by atoms with Gasteiger partial charge in [0.05, 0.1) is 18.2 Å². The quantitative estimate of drug-likeness (QED) is 0.438. The summed E-state index contributed by atoms with van der Waals surface area (Å²) in [6.45, 7) is 3.01. The molecule has 2 heterocycles. The number of nitrogens with zero attached hydrogens (tertiary/aromatic N) is 1. The van der Waals surface area contributed by atoms with Gasteiger partial charge < -0.3 is 14.6 Å². The first-order chi connectivity index (χ1) is 14.0. The molecule has 2 aromatic carbocycles. The molecule has 0 fully saturated rings. The minimum Gasteiger partial charge on any atom is -0.468 e. The summed E-state index contributed by atoms with van der Waals surface area (Å²) in [6.07, 6.45) is 0.788. The zero-order chi connectivity index (χ0) is 20.5. The summed E-state index contributed by atoms with van der Waals surface area (Å²) in [7, 11) is 1.38. The molecular formula is C22H21BrN2O3S. The fraction of sp³-hybridized carbons (Fsp3) is 0.273. The van der Waals surface area contributed by atoms with Crippen molar-refractivity contribution in [2.24, 2.45) is 0 Å². The zero-order valence-corrected chi connectivity index (χ0v) is 18.6. The first-order valence-electron chi connectivity index (χ1n) is 9.40. The van der Waals surface area contributed by atoms with Crippen molar-refractivity contribution in [3.63, 3.8) is 0 Å². The number of hydrogen-bond acceptors (Lipinski definition) is 4. The molecule has 5 nitrogen and oxygen atoms in total. The van der Waals surface area contributed by atoms with Crippen LogP contribution in [0.1, 0.15) is 28.5 Å². The van der Waals surface area contributed by atoms with E-state index < -0.39 is 0 Å². The van der Waals surface area contributed by atoms with E-state index in [0.717, 1.165) is 26.7 Å². The van der Waals surface area contributed by atoms with E-state index in [9.17, 15) is 9.59 Å². The number of aromatic nitrogens is 1. The van der Waals surface area contributed by atoms with Gasteiger partial charge in [0, 0.05) is 45.5 Å². The summed E-state index contributed by atoms with van der Waals surface area (Å²) in [5, 5.41) is 0.765. The molecule has 0 bridgehead atoms. The molecule has 1 atom stereocenters. The molecule has 0 aliphatic carbocycles. The molecule has 1 amide bonds. The number of rotatable bonds is 4. The van der Waals surface area contributed by atoms with Gasteiger partial charge in [0.25, 0.3) is 5.91 Å². The molecule has 0 saturated carbocycles. The van der Waals surface area contributed by atoms with Gasteiger partial charge in [0.2, 0.25) is 0 Å². The molecule has 29 heavy (non-hydrogen) atoms. The van der Waals surface area contributed by atoms with E-state index in [1.807, 2.05) is 41.3 Å². The summed E-state index contributed by atoms with van der Waals surface area (Å²) in [5.41, 5.74) is 4.07. The van der Waals surface area contributed by atoms with E-state index in [2.05, 4.69) is 27.0 Å². The van der Waals surface area contributed by atoms with E-state index in [4.69, 9.17) is 4.74 Å². The lowest BCUT2D eigenvalue weighted by Gasteiger charge is -2.28. The lowest BCUT2D eigenvalue weighted by molar-refractivity contribution is -0.139. The lowest BCUT2D eigenvalue weighted by Crippen LogP contribution is -2.36. The molecule has 4 rings (SSSR count). The summed E-state index contributed by atoms with van der Waals surface area (Å²) >= 11 is 4.95. The molecule has 1 N–H and O–H groups in total. The molecule has 1 aliphatic rings. The van der Waals surface area contributed by atoms with Crippen molar-refractivity contribution in [1.82, 2.24) is 9.88 Å². The summed E-state index contributed by atoms with van der Waals surface area (Å²) in [6, 6.07) is 13.6. The SMILES string of the molecule is COC(=O)C(C)Sc1ccccc1C(=O)N1CCc2[nH]c3c(Br)cccc3c2C1. The standard InChI is InChI=1S/C22H21BrN2O3S/c1-13(22(27)28-2)29-19-9-4-3-6-15(19)21(26)25-11-10-18-16(12-25)14-7-5-8-17(23)20(14)24-18/h3-9,13,24H,10-12H2,1-2H3. The van der Waals surface area contributed by atoms with Crippen LogP contribution in [0.2, 0.25) is 0 Å². The number of para-hydroxylation sites is 1. The van der Waals surface area contributed by atoms with Gasteiger partial charge >= 0.3 is 5.97 Å². The second-order valence-corrected chi connectivity index (χ2v) is 9.24. The molecule has 0 spiro atoms. The van der Waals surface area contributed by atoms with Crippen LogP contribution < -0.4 is 0 Å². The lowest BCUT2D eigenvalue weighted by atomic mass is 10.0. The topological polar surface area (TPSA) is 62.4 Å². The number of aromatic amines is 1. The van der Waals surface area contributed by atoms with Gasteiger partial charge in [-0.15, -0.1) is 11.8 Å². The van der Waals surface area contributed by atoms with Crippen molar-refractivity contribution < 1.29 is 14.3 Å². The van der Waals surface area contributed by atoms with Crippen molar-refractivity contribution in [3.05, 3.63) is 63.8 Å². The fourth-order valence-corrected chi connectivity index (χ4v) is 5.17. The molecule has 150 valence electrons. The Balaban J connectivity index is 1.61. The van der Waals surface area contributed by atoms with Crippen LogP contribution in [0, 0.1) is 0 Å². The van der Waals surface area contributed by atoms with E-state index in [1.165, 1.54) is 30.1 Å². The number of carbonyl (C=O) groups is 2. The van der Waals surface area contributed by atoms with Gasteiger partial charge in [-0.3, -0.25) is 9.59 Å². The summed E-state index contributed by atoms with van der Waals surface area (Å²) in [4.78, 5) is 31.3. The van der Waals surface area contributed by atoms with Crippen LogP contribution in [-0.2, 0) is 22.5 Å². The van der Waals surface area contributed by atoms with Crippen LogP contribution in [-0.4, -0.2) is 40.7 Å². The largest absolute Gasteiger partial charge is 0.468 e. The molecule has 3 aromatic rings. The maximum absolute atomic E-state index is 13.4.